The molecule has 0 bridgehead atoms. The lowest BCUT2D eigenvalue weighted by Crippen LogP contribution is -2.41. The van der Waals surface area contributed by atoms with Crippen molar-refractivity contribution in [1.29, 1.82) is 0 Å². The normalized spacial score (nSPS) is 14.2. The van der Waals surface area contributed by atoms with E-state index >= 15 is 0 Å². The van der Waals surface area contributed by atoms with Crippen molar-refractivity contribution in [2.45, 2.75) is 26.4 Å². The summed E-state index contributed by atoms with van der Waals surface area (Å²) in [5.74, 6) is -1.24. The fourth-order valence-electron chi connectivity index (χ4n) is 1.40. The maximum Gasteiger partial charge on any atom is 0.337 e. The molecule has 0 amide bonds. The van der Waals surface area contributed by atoms with Crippen LogP contribution in [0.2, 0.25) is 0 Å². The summed E-state index contributed by atoms with van der Waals surface area (Å²) in [6.45, 7) is 5.14. The van der Waals surface area contributed by atoms with Crippen molar-refractivity contribution >= 4 is 27.6 Å². The van der Waals surface area contributed by atoms with Gasteiger partial charge in [-0.25, -0.2) is 4.79 Å². The van der Waals surface area contributed by atoms with Crippen LogP contribution < -0.4 is 5.32 Å². The van der Waals surface area contributed by atoms with Crippen LogP contribution >= 0.6 is 15.9 Å². The highest BCUT2D eigenvalue weighted by Crippen LogP contribution is 2.25. The average Bonchev–Trinajstić information content (AvgIpc) is 2.22. The Morgan fingerprint density at radius 1 is 1.41 bits per heavy atom. The molecule has 0 aliphatic heterocycles. The first kappa shape index (κ1) is 14.0. The SMILES string of the molecule is Cc1cc(NCC(C)(O)C(=O)O)cc(C)c1Br. The minimum Gasteiger partial charge on any atom is -0.479 e. The van der Waals surface area contributed by atoms with Gasteiger partial charge < -0.3 is 15.5 Å². The summed E-state index contributed by atoms with van der Waals surface area (Å²) in [6.07, 6.45) is 0. The van der Waals surface area contributed by atoms with E-state index in [0.29, 0.717) is 0 Å². The number of aliphatic hydroxyl groups is 1. The van der Waals surface area contributed by atoms with Crippen LogP contribution in [0.15, 0.2) is 16.6 Å². The van der Waals surface area contributed by atoms with E-state index in [9.17, 15) is 9.90 Å². The molecule has 1 aromatic rings. The fourth-order valence-corrected chi connectivity index (χ4v) is 1.63. The maximum atomic E-state index is 10.7. The minimum absolute atomic E-state index is 0.0388. The summed E-state index contributed by atoms with van der Waals surface area (Å²) in [5.41, 5.74) is 1.14. The number of halogens is 1. The van der Waals surface area contributed by atoms with Crippen LogP contribution in [0.4, 0.5) is 5.69 Å². The van der Waals surface area contributed by atoms with Crippen LogP contribution in [0.3, 0.4) is 0 Å². The first-order valence-corrected chi connectivity index (χ1v) is 6.00. The lowest BCUT2D eigenvalue weighted by atomic mass is 10.1. The molecule has 4 nitrogen and oxygen atoms in total. The number of carboxylic acid groups (broad SMARTS) is 1. The predicted molar refractivity (Wildman–Crippen MR) is 70.4 cm³/mol. The fraction of sp³-hybridized carbons (Fsp3) is 0.417. The lowest BCUT2D eigenvalue weighted by molar-refractivity contribution is -0.155. The van der Waals surface area contributed by atoms with Gasteiger partial charge in [-0.2, -0.15) is 0 Å². The van der Waals surface area contributed by atoms with Gasteiger partial charge in [0.25, 0.3) is 0 Å². The van der Waals surface area contributed by atoms with E-state index in [0.717, 1.165) is 21.3 Å². The number of hydrogen-bond donors (Lipinski definition) is 3. The van der Waals surface area contributed by atoms with Gasteiger partial charge in [0.2, 0.25) is 0 Å². The van der Waals surface area contributed by atoms with Gasteiger partial charge in [-0.05, 0) is 44.0 Å². The highest BCUT2D eigenvalue weighted by Gasteiger charge is 2.29. The molecule has 0 radical (unpaired) electrons. The number of aliphatic carboxylic acids is 1. The molecule has 0 saturated heterocycles. The Balaban J connectivity index is 2.81. The molecule has 1 aromatic carbocycles. The second-order valence-corrected chi connectivity index (χ2v) is 5.15. The summed E-state index contributed by atoms with van der Waals surface area (Å²) in [4.78, 5) is 10.7. The zero-order chi connectivity index (χ0) is 13.2. The maximum absolute atomic E-state index is 10.7. The van der Waals surface area contributed by atoms with E-state index in [1.807, 2.05) is 26.0 Å². The van der Waals surface area contributed by atoms with Crippen molar-refractivity contribution in [3.63, 3.8) is 0 Å². The third-order valence-electron chi connectivity index (χ3n) is 2.53. The summed E-state index contributed by atoms with van der Waals surface area (Å²) in [7, 11) is 0. The zero-order valence-electron chi connectivity index (χ0n) is 10.0. The highest BCUT2D eigenvalue weighted by molar-refractivity contribution is 9.10. The number of benzene rings is 1. The van der Waals surface area contributed by atoms with Crippen LogP contribution in [-0.4, -0.2) is 28.3 Å². The largest absolute Gasteiger partial charge is 0.479 e. The molecule has 0 aliphatic carbocycles. The Labute approximate surface area is 109 Å². The second-order valence-electron chi connectivity index (χ2n) is 4.36. The molecule has 0 spiro atoms. The molecule has 3 N–H and O–H groups in total. The Hall–Kier alpha value is -1.07. The minimum atomic E-state index is -1.77. The molecule has 0 heterocycles. The zero-order valence-corrected chi connectivity index (χ0v) is 11.6. The first-order valence-electron chi connectivity index (χ1n) is 5.20. The van der Waals surface area contributed by atoms with Crippen LogP contribution in [0.1, 0.15) is 18.1 Å². The monoisotopic (exact) mass is 301 g/mol. The standard InChI is InChI=1S/C12H16BrNO3/c1-7-4-9(5-8(2)10(7)13)14-6-12(3,17)11(15)16/h4-5,14,17H,6H2,1-3H3,(H,15,16). The van der Waals surface area contributed by atoms with Crippen molar-refractivity contribution in [1.82, 2.24) is 0 Å². The molecule has 0 aliphatic rings. The second kappa shape index (κ2) is 5.06. The molecular weight excluding hydrogens is 286 g/mol. The topological polar surface area (TPSA) is 69.6 Å². The quantitative estimate of drug-likeness (QED) is 0.798. The summed E-state index contributed by atoms with van der Waals surface area (Å²) in [5, 5.41) is 21.3. The summed E-state index contributed by atoms with van der Waals surface area (Å²) in [6, 6.07) is 3.80. The predicted octanol–water partition coefficient (Wildman–Crippen LogP) is 2.31. The number of carbonyl (C=O) groups is 1. The van der Waals surface area contributed by atoms with Gasteiger partial charge in [-0.3, -0.25) is 0 Å². The van der Waals surface area contributed by atoms with Crippen molar-refractivity contribution in [3.05, 3.63) is 27.7 Å². The van der Waals surface area contributed by atoms with Crippen LogP contribution in [0.25, 0.3) is 0 Å². The van der Waals surface area contributed by atoms with Crippen LogP contribution in [0, 0.1) is 13.8 Å². The van der Waals surface area contributed by atoms with Gasteiger partial charge in [0.1, 0.15) is 0 Å². The molecule has 5 heteroatoms. The molecule has 1 atom stereocenters. The van der Waals surface area contributed by atoms with Crippen molar-refractivity contribution in [3.8, 4) is 0 Å². The van der Waals surface area contributed by atoms with Gasteiger partial charge in [0.15, 0.2) is 5.60 Å². The number of rotatable bonds is 4. The Morgan fingerprint density at radius 3 is 2.29 bits per heavy atom. The summed E-state index contributed by atoms with van der Waals surface area (Å²) >= 11 is 3.46. The third kappa shape index (κ3) is 3.44. The molecule has 0 fully saturated rings. The molecule has 1 unspecified atom stereocenters. The molecule has 94 valence electrons. The third-order valence-corrected chi connectivity index (χ3v) is 3.78. The van der Waals surface area contributed by atoms with E-state index in [-0.39, 0.29) is 6.54 Å². The van der Waals surface area contributed by atoms with Crippen molar-refractivity contribution < 1.29 is 15.0 Å². The van der Waals surface area contributed by atoms with Crippen LogP contribution in [-0.2, 0) is 4.79 Å². The van der Waals surface area contributed by atoms with E-state index in [4.69, 9.17) is 5.11 Å². The number of carboxylic acids is 1. The lowest BCUT2D eigenvalue weighted by Gasteiger charge is -2.19. The van der Waals surface area contributed by atoms with Crippen LogP contribution in [0.5, 0.6) is 0 Å². The smallest absolute Gasteiger partial charge is 0.337 e. The number of anilines is 1. The van der Waals surface area contributed by atoms with Gasteiger partial charge in [-0.15, -0.1) is 0 Å². The first-order chi connectivity index (χ1) is 7.74. The highest BCUT2D eigenvalue weighted by atomic mass is 79.9. The van der Waals surface area contributed by atoms with Gasteiger partial charge >= 0.3 is 5.97 Å². The van der Waals surface area contributed by atoms with Crippen molar-refractivity contribution in [2.24, 2.45) is 0 Å². The van der Waals surface area contributed by atoms with E-state index in [1.165, 1.54) is 6.92 Å². The van der Waals surface area contributed by atoms with Gasteiger partial charge in [-0.1, -0.05) is 15.9 Å². The molecule has 17 heavy (non-hydrogen) atoms. The van der Waals surface area contributed by atoms with E-state index < -0.39 is 11.6 Å². The average molecular weight is 302 g/mol. The Kier molecular flexibility index (Phi) is 4.16. The van der Waals surface area contributed by atoms with Gasteiger partial charge in [0.05, 0.1) is 6.54 Å². The molecule has 0 saturated carbocycles. The number of nitrogens with one attached hydrogen (secondary N) is 1. The molecule has 0 aromatic heterocycles. The molecule has 1 rings (SSSR count). The van der Waals surface area contributed by atoms with E-state index in [2.05, 4.69) is 21.2 Å². The Morgan fingerprint density at radius 2 is 1.88 bits per heavy atom. The van der Waals surface area contributed by atoms with Crippen molar-refractivity contribution in [2.75, 3.05) is 11.9 Å². The number of aryl methyl sites for hydroxylation is 2. The van der Waals surface area contributed by atoms with Gasteiger partial charge in [0, 0.05) is 10.2 Å². The molecular formula is C12H16BrNO3. The Bertz CT molecular complexity index is 420. The number of hydrogen-bond acceptors (Lipinski definition) is 3. The van der Waals surface area contributed by atoms with E-state index in [1.54, 1.807) is 0 Å². The summed E-state index contributed by atoms with van der Waals surface area (Å²) < 4.78 is 1.04.